The number of morpholine rings is 1. The largest absolute Gasteiger partial charge is 0.445 e. The van der Waals surface area contributed by atoms with Crippen LogP contribution in [0.3, 0.4) is 0 Å². The maximum Gasteiger partial charge on any atom is 0.411 e. The number of halogens is 1. The normalized spacial score (nSPS) is 13.3. The van der Waals surface area contributed by atoms with Gasteiger partial charge in [0, 0.05) is 58.9 Å². The van der Waals surface area contributed by atoms with Crippen molar-refractivity contribution in [2.24, 2.45) is 0 Å². The maximum atomic E-state index is 11.9. The van der Waals surface area contributed by atoms with Crippen molar-refractivity contribution in [1.29, 1.82) is 0 Å². The van der Waals surface area contributed by atoms with E-state index in [0.29, 0.717) is 30.5 Å². The first-order chi connectivity index (χ1) is 18.0. The predicted octanol–water partition coefficient (Wildman–Crippen LogP) is 6.23. The van der Waals surface area contributed by atoms with Crippen molar-refractivity contribution in [2.45, 2.75) is 30.0 Å². The van der Waals surface area contributed by atoms with Gasteiger partial charge in [-0.25, -0.2) is 14.8 Å². The van der Waals surface area contributed by atoms with Crippen molar-refractivity contribution < 1.29 is 14.3 Å². The van der Waals surface area contributed by atoms with E-state index in [0.717, 1.165) is 52.4 Å². The van der Waals surface area contributed by atoms with Crippen LogP contribution in [0, 0.1) is 0 Å². The number of nitrogens with zero attached hydrogens (tertiary/aromatic N) is 3. The zero-order valence-corrected chi connectivity index (χ0v) is 23.1. The number of carbonyl (C=O) groups excluding carboxylic acids is 1. The third kappa shape index (κ3) is 8.36. The van der Waals surface area contributed by atoms with E-state index in [4.69, 9.17) is 26.1 Å². The van der Waals surface area contributed by atoms with Crippen LogP contribution < -0.4 is 15.5 Å². The van der Waals surface area contributed by atoms with Crippen molar-refractivity contribution in [3.05, 3.63) is 70.3 Å². The first-order valence-corrected chi connectivity index (χ1v) is 14.2. The van der Waals surface area contributed by atoms with Gasteiger partial charge in [0.15, 0.2) is 0 Å². The SMILES string of the molecule is C=CCOC(=O)Nc1cc(Cl)cc(CNc2cc(N3CCOCC3)cc(CSc3ncc(CC)s3)n2)c1. The Bertz CT molecular complexity index is 1220. The standard InChI is InChI=1S/C26H30ClN5O3S2/c1-3-7-35-25(33)31-20-11-18(10-19(27)12-20)15-28-24-14-22(32-5-8-34-9-6-32)13-21(30-24)17-36-26-29-16-23(4-2)37-26/h3,10-14,16H,1,4-9,15,17H2,2H3,(H,28,30)(H,31,33). The Balaban J connectivity index is 1.48. The summed E-state index contributed by atoms with van der Waals surface area (Å²) >= 11 is 9.74. The molecule has 0 unspecified atom stereocenters. The zero-order chi connectivity index (χ0) is 26.0. The number of pyridine rings is 1. The minimum absolute atomic E-state index is 0.134. The van der Waals surface area contributed by atoms with Crippen LogP contribution in [0.25, 0.3) is 0 Å². The number of amides is 1. The molecule has 4 rings (SSSR count). The Hall–Kier alpha value is -2.79. The van der Waals surface area contributed by atoms with E-state index in [1.54, 1.807) is 29.2 Å². The summed E-state index contributed by atoms with van der Waals surface area (Å²) in [5, 5.41) is 6.63. The highest BCUT2D eigenvalue weighted by atomic mass is 35.5. The lowest BCUT2D eigenvalue weighted by Gasteiger charge is -2.29. The number of ether oxygens (including phenoxy) is 2. The summed E-state index contributed by atoms with van der Waals surface area (Å²) in [4.78, 5) is 24.9. The number of aromatic nitrogens is 2. The van der Waals surface area contributed by atoms with Gasteiger partial charge in [-0.1, -0.05) is 42.9 Å². The van der Waals surface area contributed by atoms with Crippen LogP contribution in [-0.4, -0.2) is 49.0 Å². The molecule has 11 heteroatoms. The molecule has 1 aromatic carbocycles. The fourth-order valence-electron chi connectivity index (χ4n) is 3.70. The highest BCUT2D eigenvalue weighted by molar-refractivity contribution is 8.00. The molecular weight excluding hydrogens is 530 g/mol. The van der Waals surface area contributed by atoms with E-state index in [1.165, 1.54) is 11.0 Å². The smallest absolute Gasteiger partial charge is 0.411 e. The van der Waals surface area contributed by atoms with Gasteiger partial charge in [-0.15, -0.1) is 11.3 Å². The quantitative estimate of drug-likeness (QED) is 0.211. The molecule has 0 saturated carbocycles. The summed E-state index contributed by atoms with van der Waals surface area (Å²) in [6.45, 7) is 9.40. The number of anilines is 3. The van der Waals surface area contributed by atoms with Gasteiger partial charge in [-0.05, 0) is 36.2 Å². The Kier molecular flexibility index (Phi) is 10.1. The van der Waals surface area contributed by atoms with Gasteiger partial charge in [0.05, 0.1) is 18.9 Å². The predicted molar refractivity (Wildman–Crippen MR) is 152 cm³/mol. The van der Waals surface area contributed by atoms with E-state index in [2.05, 4.69) is 46.2 Å². The Morgan fingerprint density at radius 2 is 2.14 bits per heavy atom. The van der Waals surface area contributed by atoms with Gasteiger partial charge in [0.2, 0.25) is 0 Å². The first-order valence-electron chi connectivity index (χ1n) is 12.0. The molecule has 8 nitrogen and oxygen atoms in total. The monoisotopic (exact) mass is 559 g/mol. The summed E-state index contributed by atoms with van der Waals surface area (Å²) in [6, 6.07) is 9.59. The Morgan fingerprint density at radius 1 is 1.30 bits per heavy atom. The van der Waals surface area contributed by atoms with Crippen molar-refractivity contribution in [2.75, 3.05) is 48.4 Å². The fraction of sp³-hybridized carbons (Fsp3) is 0.346. The molecule has 3 heterocycles. The van der Waals surface area contributed by atoms with Crippen molar-refractivity contribution >= 4 is 58.0 Å². The third-order valence-corrected chi connectivity index (χ3v) is 8.02. The van der Waals surface area contributed by atoms with Gasteiger partial charge in [0.1, 0.15) is 16.8 Å². The highest BCUT2D eigenvalue weighted by Gasteiger charge is 2.15. The zero-order valence-electron chi connectivity index (χ0n) is 20.7. The van der Waals surface area contributed by atoms with Gasteiger partial charge < -0.3 is 19.7 Å². The van der Waals surface area contributed by atoms with Crippen LogP contribution >= 0.6 is 34.7 Å². The second-order valence-electron chi connectivity index (χ2n) is 8.25. The van der Waals surface area contributed by atoms with Crippen molar-refractivity contribution in [1.82, 2.24) is 9.97 Å². The summed E-state index contributed by atoms with van der Waals surface area (Å²) in [5.41, 5.74) is 3.54. The first kappa shape index (κ1) is 27.3. The van der Waals surface area contributed by atoms with E-state index in [1.807, 2.05) is 18.3 Å². The minimum Gasteiger partial charge on any atom is -0.445 e. The topological polar surface area (TPSA) is 88.6 Å². The summed E-state index contributed by atoms with van der Waals surface area (Å²) in [6.07, 6.45) is 3.89. The van der Waals surface area contributed by atoms with Gasteiger partial charge in [0.25, 0.3) is 0 Å². The average Bonchev–Trinajstić information content (AvgIpc) is 3.38. The average molecular weight is 560 g/mol. The number of carbonyl (C=O) groups is 1. The molecular formula is C26H30ClN5O3S2. The van der Waals surface area contributed by atoms with E-state index < -0.39 is 6.09 Å². The van der Waals surface area contributed by atoms with E-state index in [9.17, 15) is 4.79 Å². The molecule has 3 aromatic rings. The highest BCUT2D eigenvalue weighted by Crippen LogP contribution is 2.30. The summed E-state index contributed by atoms with van der Waals surface area (Å²) in [5.74, 6) is 1.49. The number of rotatable bonds is 11. The fourth-order valence-corrected chi connectivity index (χ4v) is 5.82. The molecule has 0 spiro atoms. The molecule has 0 aliphatic carbocycles. The van der Waals surface area contributed by atoms with Crippen LogP contribution in [0.1, 0.15) is 23.1 Å². The van der Waals surface area contributed by atoms with E-state index >= 15 is 0 Å². The second kappa shape index (κ2) is 13.7. The molecule has 0 radical (unpaired) electrons. The van der Waals surface area contributed by atoms with Crippen molar-refractivity contribution in [3.63, 3.8) is 0 Å². The lowest BCUT2D eigenvalue weighted by Crippen LogP contribution is -2.36. The molecule has 0 bridgehead atoms. The number of benzene rings is 1. The number of nitrogens with one attached hydrogen (secondary N) is 2. The number of hydrogen-bond donors (Lipinski definition) is 2. The van der Waals surface area contributed by atoms with Crippen LogP contribution in [-0.2, 0) is 28.2 Å². The molecule has 37 heavy (non-hydrogen) atoms. The molecule has 1 fully saturated rings. The Morgan fingerprint density at radius 3 is 2.89 bits per heavy atom. The van der Waals surface area contributed by atoms with Crippen LogP contribution in [0.4, 0.5) is 22.0 Å². The molecule has 1 saturated heterocycles. The lowest BCUT2D eigenvalue weighted by molar-refractivity contribution is 0.122. The molecule has 0 atom stereocenters. The number of hydrogen-bond acceptors (Lipinski definition) is 9. The maximum absolute atomic E-state index is 11.9. The number of aryl methyl sites for hydroxylation is 1. The molecule has 2 N–H and O–H groups in total. The Labute approximate surface area is 230 Å². The molecule has 1 aliphatic rings. The van der Waals surface area contributed by atoms with E-state index in [-0.39, 0.29) is 6.61 Å². The van der Waals surface area contributed by atoms with Crippen LogP contribution in [0.5, 0.6) is 0 Å². The van der Waals surface area contributed by atoms with Gasteiger partial charge in [-0.3, -0.25) is 5.32 Å². The molecule has 2 aromatic heterocycles. The van der Waals surface area contributed by atoms with Crippen LogP contribution in [0.15, 0.2) is 53.5 Å². The summed E-state index contributed by atoms with van der Waals surface area (Å²) < 4.78 is 11.6. The molecule has 1 aliphatic heterocycles. The summed E-state index contributed by atoms with van der Waals surface area (Å²) in [7, 11) is 0. The van der Waals surface area contributed by atoms with Crippen molar-refractivity contribution in [3.8, 4) is 0 Å². The minimum atomic E-state index is -0.561. The number of thioether (sulfide) groups is 1. The second-order valence-corrected chi connectivity index (χ2v) is 11.0. The third-order valence-electron chi connectivity index (χ3n) is 5.47. The van der Waals surface area contributed by atoms with Gasteiger partial charge in [-0.2, -0.15) is 0 Å². The van der Waals surface area contributed by atoms with Gasteiger partial charge >= 0.3 is 6.09 Å². The lowest BCUT2D eigenvalue weighted by atomic mass is 10.2. The number of thiazole rings is 1. The molecule has 196 valence electrons. The van der Waals surface area contributed by atoms with Crippen LogP contribution in [0.2, 0.25) is 5.02 Å². The molecule has 1 amide bonds.